The zero-order chi connectivity index (χ0) is 23.2. The first-order valence-electron chi connectivity index (χ1n) is 9.78. The van der Waals surface area contributed by atoms with Crippen molar-refractivity contribution in [3.05, 3.63) is 28.2 Å². The SMILES string of the molecule is CC(C)O[C@H]1CC(S(=O)(=O)c2ccc(Br)cc2C(F)(F)F)C[C@@H]1C(=O)NC1(C#N)CC1. The van der Waals surface area contributed by atoms with Gasteiger partial charge in [0.2, 0.25) is 5.91 Å². The van der Waals surface area contributed by atoms with Crippen LogP contribution in [0.1, 0.15) is 45.1 Å². The summed E-state index contributed by atoms with van der Waals surface area (Å²) >= 11 is 2.95. The minimum absolute atomic E-state index is 0.106. The molecule has 1 aromatic carbocycles. The summed E-state index contributed by atoms with van der Waals surface area (Å²) in [7, 11) is -4.40. The van der Waals surface area contributed by atoms with E-state index in [2.05, 4.69) is 21.2 Å². The summed E-state index contributed by atoms with van der Waals surface area (Å²) in [6.45, 7) is 3.45. The molecule has 2 aliphatic carbocycles. The van der Waals surface area contributed by atoms with Gasteiger partial charge in [-0.15, -0.1) is 0 Å². The Balaban J connectivity index is 1.92. The second-order valence-corrected chi connectivity index (χ2v) is 11.4. The first-order valence-corrected chi connectivity index (χ1v) is 12.1. The Bertz CT molecular complexity index is 1020. The van der Waals surface area contributed by atoms with Crippen LogP contribution in [-0.2, 0) is 25.5 Å². The number of alkyl halides is 3. The van der Waals surface area contributed by atoms with Gasteiger partial charge in [0.1, 0.15) is 5.54 Å². The van der Waals surface area contributed by atoms with Gasteiger partial charge >= 0.3 is 6.18 Å². The first-order chi connectivity index (χ1) is 14.3. The van der Waals surface area contributed by atoms with Gasteiger partial charge in [-0.3, -0.25) is 4.79 Å². The van der Waals surface area contributed by atoms with Crippen LogP contribution < -0.4 is 5.32 Å². The highest BCUT2D eigenvalue weighted by Gasteiger charge is 2.51. The molecule has 1 aromatic rings. The average Bonchev–Trinajstić information content (AvgIpc) is 3.29. The van der Waals surface area contributed by atoms with Crippen LogP contribution in [0.2, 0.25) is 0 Å². The largest absolute Gasteiger partial charge is 0.417 e. The third-order valence-electron chi connectivity index (χ3n) is 5.56. The number of carbonyl (C=O) groups excluding carboxylic acids is 1. The topological polar surface area (TPSA) is 96.3 Å². The summed E-state index contributed by atoms with van der Waals surface area (Å²) < 4.78 is 72.9. The molecule has 2 aliphatic rings. The van der Waals surface area contributed by atoms with Crippen LogP contribution in [0.25, 0.3) is 0 Å². The average molecular weight is 523 g/mol. The van der Waals surface area contributed by atoms with E-state index < -0.39 is 55.2 Å². The van der Waals surface area contributed by atoms with Crippen molar-refractivity contribution in [3.63, 3.8) is 0 Å². The molecule has 0 aromatic heterocycles. The van der Waals surface area contributed by atoms with Crippen LogP contribution in [0.15, 0.2) is 27.6 Å². The molecule has 170 valence electrons. The first kappa shape index (κ1) is 24.0. The highest BCUT2D eigenvalue weighted by atomic mass is 79.9. The molecule has 3 rings (SSSR count). The fourth-order valence-corrected chi connectivity index (χ4v) is 6.22. The molecule has 3 atom stereocenters. The van der Waals surface area contributed by atoms with Crippen molar-refractivity contribution in [2.24, 2.45) is 5.92 Å². The van der Waals surface area contributed by atoms with E-state index in [1.165, 1.54) is 6.07 Å². The normalized spacial score (nSPS) is 25.3. The minimum Gasteiger partial charge on any atom is -0.375 e. The molecule has 0 aliphatic heterocycles. The van der Waals surface area contributed by atoms with Crippen molar-refractivity contribution in [2.75, 3.05) is 0 Å². The lowest BCUT2D eigenvalue weighted by atomic mass is 10.0. The lowest BCUT2D eigenvalue weighted by Crippen LogP contribution is -2.43. The number of carbonyl (C=O) groups is 1. The van der Waals surface area contributed by atoms with Crippen molar-refractivity contribution >= 4 is 31.7 Å². The van der Waals surface area contributed by atoms with Crippen LogP contribution in [-0.4, -0.2) is 37.3 Å². The van der Waals surface area contributed by atoms with Gasteiger partial charge in [0.05, 0.1) is 39.9 Å². The molecular formula is C20H22BrF3N2O4S. The number of nitrogens with one attached hydrogen (secondary N) is 1. The number of sulfone groups is 1. The molecule has 0 heterocycles. The summed E-state index contributed by atoms with van der Waals surface area (Å²) in [5.74, 6) is -1.38. The lowest BCUT2D eigenvalue weighted by Gasteiger charge is -2.22. The van der Waals surface area contributed by atoms with E-state index in [-0.39, 0.29) is 23.4 Å². The van der Waals surface area contributed by atoms with E-state index in [1.54, 1.807) is 13.8 Å². The monoisotopic (exact) mass is 522 g/mol. The molecule has 1 N–H and O–H groups in total. The van der Waals surface area contributed by atoms with Gasteiger partial charge in [-0.05, 0) is 57.7 Å². The fourth-order valence-electron chi connectivity index (χ4n) is 3.85. The molecule has 0 radical (unpaired) electrons. The standard InChI is InChI=1S/C20H22BrF3N2O4S/c1-11(2)30-16-9-13(8-14(16)18(27)26-19(10-25)5-6-19)31(28,29)17-4-3-12(21)7-15(17)20(22,23)24/h3-4,7,11,13-14,16H,5-6,8-9H2,1-2H3,(H,26,27)/t13?,14-,16-/m0/s1. The summed E-state index contributed by atoms with van der Waals surface area (Å²) in [5.41, 5.74) is -2.19. The zero-order valence-corrected chi connectivity index (χ0v) is 19.3. The summed E-state index contributed by atoms with van der Waals surface area (Å²) in [5, 5.41) is 10.7. The Morgan fingerprint density at radius 3 is 2.48 bits per heavy atom. The highest BCUT2D eigenvalue weighted by molar-refractivity contribution is 9.10. The summed E-state index contributed by atoms with van der Waals surface area (Å²) in [6.07, 6.45) is -5.22. The van der Waals surface area contributed by atoms with Gasteiger partial charge in [0, 0.05) is 4.47 Å². The van der Waals surface area contributed by atoms with Crippen LogP contribution in [0.5, 0.6) is 0 Å². The van der Waals surface area contributed by atoms with Gasteiger partial charge in [0.25, 0.3) is 0 Å². The maximum Gasteiger partial charge on any atom is 0.417 e. The quantitative estimate of drug-likeness (QED) is 0.609. The predicted molar refractivity (Wildman–Crippen MR) is 109 cm³/mol. The Morgan fingerprint density at radius 1 is 1.32 bits per heavy atom. The number of benzene rings is 1. The van der Waals surface area contributed by atoms with Gasteiger partial charge < -0.3 is 10.1 Å². The highest BCUT2D eigenvalue weighted by Crippen LogP contribution is 2.42. The van der Waals surface area contributed by atoms with Gasteiger partial charge in [-0.2, -0.15) is 18.4 Å². The number of rotatable bonds is 6. The zero-order valence-electron chi connectivity index (χ0n) is 16.9. The van der Waals surface area contributed by atoms with Crippen LogP contribution >= 0.6 is 15.9 Å². The number of hydrogen-bond acceptors (Lipinski definition) is 5. The van der Waals surface area contributed by atoms with Crippen LogP contribution in [0, 0.1) is 17.2 Å². The van der Waals surface area contributed by atoms with Crippen LogP contribution in [0.3, 0.4) is 0 Å². The molecule has 1 unspecified atom stereocenters. The molecular weight excluding hydrogens is 501 g/mol. The number of hydrogen-bond donors (Lipinski definition) is 1. The predicted octanol–water partition coefficient (Wildman–Crippen LogP) is 3.99. The van der Waals surface area contributed by atoms with E-state index in [4.69, 9.17) is 4.74 Å². The second kappa shape index (κ2) is 8.37. The smallest absolute Gasteiger partial charge is 0.375 e. The van der Waals surface area contributed by atoms with E-state index in [0.29, 0.717) is 12.8 Å². The van der Waals surface area contributed by atoms with E-state index in [1.807, 2.05) is 6.07 Å². The molecule has 0 saturated heterocycles. The third-order valence-corrected chi connectivity index (χ3v) is 8.29. The maximum atomic E-state index is 13.5. The number of amides is 1. The van der Waals surface area contributed by atoms with Gasteiger partial charge in [-0.25, -0.2) is 8.42 Å². The molecule has 1 amide bonds. The van der Waals surface area contributed by atoms with Gasteiger partial charge in [-0.1, -0.05) is 15.9 Å². The maximum absolute atomic E-state index is 13.5. The molecule has 2 fully saturated rings. The van der Waals surface area contributed by atoms with Crippen molar-refractivity contribution in [2.45, 2.75) is 73.6 Å². The fraction of sp³-hybridized carbons (Fsp3) is 0.600. The Morgan fingerprint density at radius 2 is 1.97 bits per heavy atom. The molecule has 2 saturated carbocycles. The molecule has 0 spiro atoms. The van der Waals surface area contributed by atoms with Crippen molar-refractivity contribution in [3.8, 4) is 6.07 Å². The number of ether oxygens (including phenoxy) is 1. The Labute approximate surface area is 187 Å². The molecule has 31 heavy (non-hydrogen) atoms. The van der Waals surface area contributed by atoms with Crippen molar-refractivity contribution in [1.82, 2.24) is 5.32 Å². The Kier molecular flexibility index (Phi) is 6.48. The second-order valence-electron chi connectivity index (χ2n) is 8.29. The van der Waals surface area contributed by atoms with Crippen LogP contribution in [0.4, 0.5) is 13.2 Å². The van der Waals surface area contributed by atoms with E-state index in [9.17, 15) is 31.6 Å². The van der Waals surface area contributed by atoms with Gasteiger partial charge in [0.15, 0.2) is 9.84 Å². The van der Waals surface area contributed by atoms with E-state index in [0.717, 1.165) is 12.1 Å². The van der Waals surface area contributed by atoms with Crippen molar-refractivity contribution < 1.29 is 31.1 Å². The Hall–Kier alpha value is -1.64. The lowest BCUT2D eigenvalue weighted by molar-refractivity contribution is -0.140. The summed E-state index contributed by atoms with van der Waals surface area (Å²) in [4.78, 5) is 12.0. The molecule has 11 heteroatoms. The summed E-state index contributed by atoms with van der Waals surface area (Å²) in [6, 6.07) is 4.95. The van der Waals surface area contributed by atoms with Crippen molar-refractivity contribution in [1.29, 1.82) is 5.26 Å². The number of halogens is 4. The number of nitriles is 1. The molecule has 6 nitrogen and oxygen atoms in total. The third kappa shape index (κ3) is 5.07. The minimum atomic E-state index is -4.86. The number of nitrogens with zero attached hydrogens (tertiary/aromatic N) is 1. The molecule has 0 bridgehead atoms. The van der Waals surface area contributed by atoms with E-state index >= 15 is 0 Å².